The van der Waals surface area contributed by atoms with Crippen LogP contribution in [0.4, 0.5) is 0 Å². The van der Waals surface area contributed by atoms with E-state index in [-0.39, 0.29) is 11.8 Å². The van der Waals surface area contributed by atoms with Crippen molar-refractivity contribution in [2.45, 2.75) is 19.8 Å². The summed E-state index contributed by atoms with van der Waals surface area (Å²) < 4.78 is 6.82. The lowest BCUT2D eigenvalue weighted by Gasteiger charge is -2.18. The van der Waals surface area contributed by atoms with E-state index in [9.17, 15) is 4.79 Å². The number of benzene rings is 2. The largest absolute Gasteiger partial charge is 0.456 e. The van der Waals surface area contributed by atoms with Crippen molar-refractivity contribution in [3.63, 3.8) is 0 Å². The Morgan fingerprint density at radius 3 is 2.92 bits per heavy atom. The molecule has 4 nitrogen and oxygen atoms in total. The second kappa shape index (κ2) is 7.36. The molecule has 1 N–H and O–H groups in total. The van der Waals surface area contributed by atoms with Gasteiger partial charge in [0.1, 0.15) is 11.5 Å². The first-order chi connectivity index (χ1) is 11.5. The van der Waals surface area contributed by atoms with Crippen LogP contribution in [0, 0.1) is 5.92 Å². The van der Waals surface area contributed by atoms with E-state index < -0.39 is 0 Å². The van der Waals surface area contributed by atoms with Crippen LogP contribution in [0.5, 0.6) is 11.5 Å². The lowest BCUT2D eigenvalue weighted by molar-refractivity contribution is -0.124. The maximum Gasteiger partial charge on any atom is 0.243 e. The Kier molecular flexibility index (Phi) is 5.21. The zero-order valence-corrected chi connectivity index (χ0v) is 15.4. The van der Waals surface area contributed by atoms with Gasteiger partial charge in [-0.2, -0.15) is 5.10 Å². The lowest BCUT2D eigenvalue weighted by Crippen LogP contribution is -2.33. The minimum atomic E-state index is -0.0535. The molecular weight excluding hydrogens is 392 g/mol. The first-order valence-corrected chi connectivity index (χ1v) is 8.75. The number of carbonyl (C=O) groups excluding carboxylic acids is 1. The number of hydrogen-bond donors (Lipinski definition) is 1. The molecule has 1 aliphatic heterocycles. The van der Waals surface area contributed by atoms with Crippen molar-refractivity contribution in [1.29, 1.82) is 0 Å². The minimum absolute atomic E-state index is 0.0338. The van der Waals surface area contributed by atoms with E-state index in [1.54, 1.807) is 0 Å². The van der Waals surface area contributed by atoms with Crippen LogP contribution in [-0.4, -0.2) is 11.6 Å². The summed E-state index contributed by atoms with van der Waals surface area (Å²) in [6.07, 6.45) is 1.31. The van der Waals surface area contributed by atoms with Gasteiger partial charge in [0, 0.05) is 22.5 Å². The maximum atomic E-state index is 11.5. The third-order valence-corrected chi connectivity index (χ3v) is 4.55. The Hall–Kier alpha value is -1.85. The molecule has 1 heterocycles. The highest BCUT2D eigenvalue weighted by Crippen LogP contribution is 2.31. The van der Waals surface area contributed by atoms with Crippen LogP contribution in [0.3, 0.4) is 0 Å². The van der Waals surface area contributed by atoms with E-state index in [0.717, 1.165) is 15.7 Å². The quantitative estimate of drug-likeness (QED) is 0.779. The van der Waals surface area contributed by atoms with Crippen LogP contribution in [0.2, 0.25) is 5.02 Å². The summed E-state index contributed by atoms with van der Waals surface area (Å²) in [5.41, 5.74) is 4.54. The third kappa shape index (κ3) is 4.16. The van der Waals surface area contributed by atoms with Crippen molar-refractivity contribution < 1.29 is 9.53 Å². The number of nitrogens with zero attached hydrogens (tertiary/aromatic N) is 1. The van der Waals surface area contributed by atoms with Gasteiger partial charge in [0.25, 0.3) is 0 Å². The number of nitrogens with one attached hydrogen (secondary N) is 1. The molecule has 0 saturated heterocycles. The fourth-order valence-corrected chi connectivity index (χ4v) is 3.01. The van der Waals surface area contributed by atoms with E-state index in [1.807, 2.05) is 49.4 Å². The van der Waals surface area contributed by atoms with Gasteiger partial charge in [0.05, 0.1) is 5.02 Å². The number of rotatable bonds is 4. The molecule has 1 aliphatic rings. The highest BCUT2D eigenvalue weighted by molar-refractivity contribution is 9.10. The Bertz CT molecular complexity index is 807. The van der Waals surface area contributed by atoms with Gasteiger partial charge < -0.3 is 4.74 Å². The standard InChI is InChI=1S/C18H16BrClN2O2/c1-11-7-14(21-22-18(11)23)8-12-5-6-16(20)17(9-12)24-15-4-2-3-13(19)10-15/h2-6,9-11H,7-8H2,1H3,(H,22,23). The summed E-state index contributed by atoms with van der Waals surface area (Å²) in [6.45, 7) is 1.90. The van der Waals surface area contributed by atoms with Crippen LogP contribution in [0.25, 0.3) is 0 Å². The van der Waals surface area contributed by atoms with Crippen molar-refractivity contribution in [3.8, 4) is 11.5 Å². The average molecular weight is 408 g/mol. The highest BCUT2D eigenvalue weighted by Gasteiger charge is 2.20. The summed E-state index contributed by atoms with van der Waals surface area (Å²) in [4.78, 5) is 11.5. The number of hydrazone groups is 1. The molecule has 1 atom stereocenters. The summed E-state index contributed by atoms with van der Waals surface area (Å²) in [7, 11) is 0. The predicted octanol–water partition coefficient (Wildman–Crippen LogP) is 4.95. The zero-order valence-electron chi connectivity index (χ0n) is 13.1. The van der Waals surface area contributed by atoms with Crippen LogP contribution < -0.4 is 10.2 Å². The summed E-state index contributed by atoms with van der Waals surface area (Å²) in [6, 6.07) is 13.3. The monoisotopic (exact) mass is 406 g/mol. The van der Waals surface area contributed by atoms with Gasteiger partial charge in [0.2, 0.25) is 5.91 Å². The van der Waals surface area contributed by atoms with Gasteiger partial charge in [-0.05, 0) is 42.3 Å². The van der Waals surface area contributed by atoms with Crippen molar-refractivity contribution in [1.82, 2.24) is 5.43 Å². The van der Waals surface area contributed by atoms with E-state index in [1.165, 1.54) is 0 Å². The zero-order chi connectivity index (χ0) is 17.1. The molecule has 24 heavy (non-hydrogen) atoms. The Morgan fingerprint density at radius 2 is 2.17 bits per heavy atom. The molecule has 1 amide bonds. The van der Waals surface area contributed by atoms with Crippen LogP contribution in [-0.2, 0) is 11.2 Å². The molecule has 0 fully saturated rings. The molecule has 2 aromatic rings. The molecule has 0 aromatic heterocycles. The Morgan fingerprint density at radius 1 is 1.33 bits per heavy atom. The van der Waals surface area contributed by atoms with Gasteiger partial charge in [-0.15, -0.1) is 0 Å². The second-order valence-electron chi connectivity index (χ2n) is 5.76. The smallest absolute Gasteiger partial charge is 0.243 e. The molecule has 0 saturated carbocycles. The molecule has 0 radical (unpaired) electrons. The van der Waals surface area contributed by atoms with Gasteiger partial charge in [-0.25, -0.2) is 5.43 Å². The van der Waals surface area contributed by atoms with Gasteiger partial charge >= 0.3 is 0 Å². The first kappa shape index (κ1) is 17.0. The van der Waals surface area contributed by atoms with Crippen molar-refractivity contribution in [2.24, 2.45) is 11.0 Å². The van der Waals surface area contributed by atoms with E-state index >= 15 is 0 Å². The molecule has 0 spiro atoms. The van der Waals surface area contributed by atoms with E-state index in [2.05, 4.69) is 26.5 Å². The molecule has 6 heteroatoms. The summed E-state index contributed by atoms with van der Waals surface area (Å²) in [5.74, 6) is 1.22. The number of ether oxygens (including phenoxy) is 1. The highest BCUT2D eigenvalue weighted by atomic mass is 79.9. The van der Waals surface area contributed by atoms with Gasteiger partial charge in [-0.3, -0.25) is 4.79 Å². The lowest BCUT2D eigenvalue weighted by atomic mass is 9.97. The fraction of sp³-hybridized carbons (Fsp3) is 0.222. The summed E-state index contributed by atoms with van der Waals surface area (Å²) in [5, 5.41) is 4.69. The van der Waals surface area contributed by atoms with Gasteiger partial charge in [-0.1, -0.05) is 46.6 Å². The first-order valence-electron chi connectivity index (χ1n) is 7.58. The number of amides is 1. The Labute approximate surface area is 154 Å². The molecule has 0 bridgehead atoms. The van der Waals surface area contributed by atoms with Crippen LogP contribution in [0.1, 0.15) is 18.9 Å². The molecule has 1 unspecified atom stereocenters. The summed E-state index contributed by atoms with van der Waals surface area (Å²) >= 11 is 9.67. The average Bonchev–Trinajstić information content (AvgIpc) is 2.54. The molecule has 0 aliphatic carbocycles. The van der Waals surface area contributed by atoms with Crippen molar-refractivity contribution in [2.75, 3.05) is 0 Å². The number of hydrogen-bond acceptors (Lipinski definition) is 3. The van der Waals surface area contributed by atoms with Crippen LogP contribution >= 0.6 is 27.5 Å². The van der Waals surface area contributed by atoms with Crippen molar-refractivity contribution in [3.05, 3.63) is 57.5 Å². The minimum Gasteiger partial charge on any atom is -0.456 e. The van der Waals surface area contributed by atoms with Crippen LogP contribution in [0.15, 0.2) is 52.0 Å². The molecule has 2 aromatic carbocycles. The Balaban J connectivity index is 1.78. The maximum absolute atomic E-state index is 11.5. The topological polar surface area (TPSA) is 50.7 Å². The third-order valence-electron chi connectivity index (χ3n) is 3.74. The van der Waals surface area contributed by atoms with E-state index in [4.69, 9.17) is 16.3 Å². The van der Waals surface area contributed by atoms with Crippen molar-refractivity contribution >= 4 is 39.1 Å². The number of carbonyl (C=O) groups is 1. The number of halogens is 2. The predicted molar refractivity (Wildman–Crippen MR) is 98.7 cm³/mol. The van der Waals surface area contributed by atoms with E-state index in [0.29, 0.717) is 29.4 Å². The molecule has 124 valence electrons. The fourth-order valence-electron chi connectivity index (χ4n) is 2.48. The van der Waals surface area contributed by atoms with Gasteiger partial charge in [0.15, 0.2) is 0 Å². The second-order valence-corrected chi connectivity index (χ2v) is 7.08. The molecular formula is C18H16BrClN2O2. The molecule has 3 rings (SSSR count). The SMILES string of the molecule is CC1CC(Cc2ccc(Cl)c(Oc3cccc(Br)c3)c2)=NNC1=O. The normalized spacial score (nSPS) is 17.2.